The molecule has 1 amide bonds. The Hall–Kier alpha value is -2.14. The lowest BCUT2D eigenvalue weighted by Crippen LogP contribution is -2.51. The first kappa shape index (κ1) is 14.8. The van der Waals surface area contributed by atoms with Crippen LogP contribution in [-0.4, -0.2) is 28.1 Å². The lowest BCUT2D eigenvalue weighted by atomic mass is 9.96. The van der Waals surface area contributed by atoms with Gasteiger partial charge in [0.15, 0.2) is 0 Å². The molecule has 1 heterocycles. The molecule has 0 bridgehead atoms. The molecule has 1 aromatic carbocycles. The average molecular weight is 300 g/mol. The first-order valence-corrected chi connectivity index (χ1v) is 7.52. The molecular weight excluding hydrogens is 280 g/mol. The van der Waals surface area contributed by atoms with Crippen molar-refractivity contribution in [3.63, 3.8) is 0 Å². The van der Waals surface area contributed by atoms with Gasteiger partial charge in [0, 0.05) is 5.56 Å². The lowest BCUT2D eigenvalue weighted by molar-refractivity contribution is -0.123. The van der Waals surface area contributed by atoms with Gasteiger partial charge in [0.05, 0.1) is 24.3 Å². The minimum absolute atomic E-state index is 0.0442. The predicted octanol–water partition coefficient (Wildman–Crippen LogP) is 2.16. The molecule has 22 heavy (non-hydrogen) atoms. The van der Waals surface area contributed by atoms with E-state index >= 15 is 0 Å². The third kappa shape index (κ3) is 3.20. The number of benzene rings is 1. The van der Waals surface area contributed by atoms with Gasteiger partial charge < -0.3 is 14.8 Å². The fourth-order valence-electron chi connectivity index (χ4n) is 2.62. The smallest absolute Gasteiger partial charge is 0.226 e. The molecule has 116 valence electrons. The van der Waals surface area contributed by atoms with Gasteiger partial charge in [0.2, 0.25) is 11.8 Å². The summed E-state index contributed by atoms with van der Waals surface area (Å²) in [7, 11) is 0. The summed E-state index contributed by atoms with van der Waals surface area (Å²) in [5.74, 6) is 0.741. The van der Waals surface area contributed by atoms with Crippen LogP contribution >= 0.6 is 0 Å². The number of aromatic nitrogens is 1. The number of carbonyl (C=O) groups excluding carboxylic acids is 1. The molecule has 1 atom stereocenters. The van der Waals surface area contributed by atoms with Crippen molar-refractivity contribution in [1.82, 2.24) is 10.3 Å². The highest BCUT2D eigenvalue weighted by Gasteiger charge is 2.42. The molecule has 0 aliphatic heterocycles. The largest absolute Gasteiger partial charge is 0.444 e. The van der Waals surface area contributed by atoms with Crippen LogP contribution in [0.1, 0.15) is 25.5 Å². The van der Waals surface area contributed by atoms with Crippen molar-refractivity contribution in [1.29, 1.82) is 0 Å². The Morgan fingerprint density at radius 2 is 2.14 bits per heavy atom. The molecule has 1 fully saturated rings. The van der Waals surface area contributed by atoms with Crippen LogP contribution in [-0.2, 0) is 11.2 Å². The van der Waals surface area contributed by atoms with E-state index in [1.54, 1.807) is 0 Å². The third-order valence-electron chi connectivity index (χ3n) is 4.15. The SMILES string of the molecule is CC(CO)(NC(=O)Cc1coc(-c2ccccc2)n1)C1CC1. The molecule has 1 unspecified atom stereocenters. The normalized spacial score (nSPS) is 17.0. The fourth-order valence-corrected chi connectivity index (χ4v) is 2.62. The van der Waals surface area contributed by atoms with E-state index in [4.69, 9.17) is 4.42 Å². The summed E-state index contributed by atoms with van der Waals surface area (Å²) in [4.78, 5) is 16.5. The quantitative estimate of drug-likeness (QED) is 0.857. The van der Waals surface area contributed by atoms with Crippen molar-refractivity contribution in [2.45, 2.75) is 31.7 Å². The van der Waals surface area contributed by atoms with Crippen LogP contribution in [0.15, 0.2) is 41.0 Å². The zero-order valence-corrected chi connectivity index (χ0v) is 12.6. The number of hydrogen-bond acceptors (Lipinski definition) is 4. The van der Waals surface area contributed by atoms with Crippen LogP contribution in [0, 0.1) is 5.92 Å². The highest BCUT2D eigenvalue weighted by molar-refractivity contribution is 5.79. The molecule has 2 aromatic rings. The monoisotopic (exact) mass is 300 g/mol. The highest BCUT2D eigenvalue weighted by atomic mass is 16.3. The fraction of sp³-hybridized carbons (Fsp3) is 0.412. The lowest BCUT2D eigenvalue weighted by Gasteiger charge is -2.28. The average Bonchev–Trinajstić information content (AvgIpc) is 3.29. The number of aliphatic hydroxyl groups is 1. The van der Waals surface area contributed by atoms with Gasteiger partial charge in [-0.1, -0.05) is 18.2 Å². The van der Waals surface area contributed by atoms with Crippen molar-refractivity contribution < 1.29 is 14.3 Å². The zero-order chi connectivity index (χ0) is 15.6. The van der Waals surface area contributed by atoms with E-state index in [0.717, 1.165) is 18.4 Å². The third-order valence-corrected chi connectivity index (χ3v) is 4.15. The molecule has 1 aliphatic rings. The highest BCUT2D eigenvalue weighted by Crippen LogP contribution is 2.39. The minimum atomic E-state index is -0.525. The van der Waals surface area contributed by atoms with E-state index in [0.29, 0.717) is 17.5 Å². The number of amides is 1. The van der Waals surface area contributed by atoms with E-state index in [1.165, 1.54) is 6.26 Å². The number of nitrogens with zero attached hydrogens (tertiary/aromatic N) is 1. The Morgan fingerprint density at radius 3 is 2.77 bits per heavy atom. The number of hydrogen-bond donors (Lipinski definition) is 2. The van der Waals surface area contributed by atoms with E-state index in [9.17, 15) is 9.90 Å². The summed E-state index contributed by atoms with van der Waals surface area (Å²) in [6.45, 7) is 1.85. The number of nitrogens with one attached hydrogen (secondary N) is 1. The number of rotatable bonds is 6. The van der Waals surface area contributed by atoms with Gasteiger partial charge in [0.1, 0.15) is 6.26 Å². The van der Waals surface area contributed by atoms with Crippen LogP contribution in [0.2, 0.25) is 0 Å². The van der Waals surface area contributed by atoms with Gasteiger partial charge in [-0.15, -0.1) is 0 Å². The van der Waals surface area contributed by atoms with Crippen LogP contribution < -0.4 is 5.32 Å². The number of aliphatic hydroxyl groups excluding tert-OH is 1. The van der Waals surface area contributed by atoms with E-state index in [-0.39, 0.29) is 18.9 Å². The molecular formula is C17H20N2O3. The second kappa shape index (κ2) is 5.93. The summed E-state index contributed by atoms with van der Waals surface area (Å²) in [5.41, 5.74) is 0.947. The molecule has 5 heteroatoms. The summed E-state index contributed by atoms with van der Waals surface area (Å²) >= 11 is 0. The van der Waals surface area contributed by atoms with Crippen LogP contribution in [0.3, 0.4) is 0 Å². The number of carbonyl (C=O) groups is 1. The van der Waals surface area contributed by atoms with Crippen LogP contribution in [0.4, 0.5) is 0 Å². The molecule has 0 saturated heterocycles. The van der Waals surface area contributed by atoms with Crippen LogP contribution in [0.5, 0.6) is 0 Å². The van der Waals surface area contributed by atoms with Gasteiger partial charge >= 0.3 is 0 Å². The van der Waals surface area contributed by atoms with Crippen molar-refractivity contribution in [2.75, 3.05) is 6.61 Å². The van der Waals surface area contributed by atoms with Gasteiger partial charge in [-0.25, -0.2) is 4.98 Å². The van der Waals surface area contributed by atoms with Gasteiger partial charge in [-0.2, -0.15) is 0 Å². The van der Waals surface area contributed by atoms with Gasteiger partial charge in [-0.05, 0) is 37.8 Å². The predicted molar refractivity (Wildman–Crippen MR) is 82.0 cm³/mol. The first-order valence-electron chi connectivity index (χ1n) is 7.52. The van der Waals surface area contributed by atoms with E-state index in [2.05, 4.69) is 10.3 Å². The molecule has 1 aliphatic carbocycles. The molecule has 1 saturated carbocycles. The standard InChI is InChI=1S/C17H20N2O3/c1-17(11-20,13-7-8-13)19-15(21)9-14-10-22-16(18-14)12-5-3-2-4-6-12/h2-6,10,13,20H,7-9,11H2,1H3,(H,19,21). The maximum atomic E-state index is 12.2. The van der Waals surface area contributed by atoms with Crippen molar-refractivity contribution in [3.8, 4) is 11.5 Å². The molecule has 2 N–H and O–H groups in total. The molecule has 0 spiro atoms. The molecule has 5 nitrogen and oxygen atoms in total. The second-order valence-corrected chi connectivity index (χ2v) is 6.08. The Balaban J connectivity index is 1.64. The summed E-state index contributed by atoms with van der Waals surface area (Å²) in [5, 5.41) is 12.4. The Kier molecular flexibility index (Phi) is 3.98. The Morgan fingerprint density at radius 1 is 1.41 bits per heavy atom. The van der Waals surface area contributed by atoms with E-state index < -0.39 is 5.54 Å². The summed E-state index contributed by atoms with van der Waals surface area (Å²) < 4.78 is 5.43. The molecule has 1 aromatic heterocycles. The maximum Gasteiger partial charge on any atom is 0.226 e. The van der Waals surface area contributed by atoms with Crippen molar-refractivity contribution >= 4 is 5.91 Å². The zero-order valence-electron chi connectivity index (χ0n) is 12.6. The summed E-state index contributed by atoms with van der Waals surface area (Å²) in [6, 6.07) is 9.56. The first-order chi connectivity index (χ1) is 10.6. The van der Waals surface area contributed by atoms with Crippen molar-refractivity contribution in [3.05, 3.63) is 42.3 Å². The second-order valence-electron chi connectivity index (χ2n) is 6.08. The molecule has 0 radical (unpaired) electrons. The Labute approximate surface area is 129 Å². The topological polar surface area (TPSA) is 75.4 Å². The minimum Gasteiger partial charge on any atom is -0.444 e. The van der Waals surface area contributed by atoms with Crippen molar-refractivity contribution in [2.24, 2.45) is 5.92 Å². The summed E-state index contributed by atoms with van der Waals surface area (Å²) in [6.07, 6.45) is 3.77. The van der Waals surface area contributed by atoms with Gasteiger partial charge in [0.25, 0.3) is 0 Å². The van der Waals surface area contributed by atoms with Gasteiger partial charge in [-0.3, -0.25) is 4.79 Å². The van der Waals surface area contributed by atoms with Crippen LogP contribution in [0.25, 0.3) is 11.5 Å². The Bertz CT molecular complexity index is 649. The number of oxazole rings is 1. The maximum absolute atomic E-state index is 12.2. The van der Waals surface area contributed by atoms with E-state index in [1.807, 2.05) is 37.3 Å². The molecule has 3 rings (SSSR count).